The Morgan fingerprint density at radius 2 is 2.14 bits per heavy atom. The maximum Gasteiger partial charge on any atom is 0.434 e. The summed E-state index contributed by atoms with van der Waals surface area (Å²) in [5.74, 6) is 1.82. The van der Waals surface area contributed by atoms with Crippen molar-refractivity contribution in [1.82, 2.24) is 15.2 Å². The van der Waals surface area contributed by atoms with Crippen molar-refractivity contribution >= 4 is 23.1 Å². The molecule has 1 aromatic rings. The molecule has 0 bridgehead atoms. The van der Waals surface area contributed by atoms with Gasteiger partial charge in [-0.15, -0.1) is 11.3 Å². The first-order chi connectivity index (χ1) is 9.79. The molecule has 0 radical (unpaired) electrons. The summed E-state index contributed by atoms with van der Waals surface area (Å²) in [6.07, 6.45) is -4.39. The molecule has 1 atom stereocenters. The van der Waals surface area contributed by atoms with Crippen LogP contribution in [0.1, 0.15) is 35.5 Å². The fourth-order valence-electron chi connectivity index (χ4n) is 2.10. The van der Waals surface area contributed by atoms with Crippen LogP contribution in [-0.2, 0) is 12.7 Å². The number of hydrogen-bond donors (Lipinski definition) is 1. The monoisotopic (exact) mass is 339 g/mol. The van der Waals surface area contributed by atoms with Crippen LogP contribution >= 0.6 is 23.1 Å². The fraction of sp³-hybridized carbons (Fsp3) is 0.769. The van der Waals surface area contributed by atoms with Gasteiger partial charge in [0.1, 0.15) is 5.01 Å². The average Bonchev–Trinajstić information content (AvgIpc) is 2.81. The maximum atomic E-state index is 13.1. The average molecular weight is 339 g/mol. The van der Waals surface area contributed by atoms with Crippen molar-refractivity contribution in [3.63, 3.8) is 0 Å². The summed E-state index contributed by atoms with van der Waals surface area (Å²) in [5, 5.41) is 3.63. The molecule has 3 nitrogen and oxygen atoms in total. The van der Waals surface area contributed by atoms with Gasteiger partial charge in [-0.3, -0.25) is 4.90 Å². The summed E-state index contributed by atoms with van der Waals surface area (Å²) >= 11 is 2.96. The first-order valence-corrected chi connectivity index (χ1v) is 8.84. The lowest BCUT2D eigenvalue weighted by molar-refractivity contribution is -0.141. The van der Waals surface area contributed by atoms with Crippen LogP contribution < -0.4 is 5.32 Å². The second-order valence-electron chi connectivity index (χ2n) is 5.43. The Labute approximate surface area is 131 Å². The molecule has 8 heteroatoms. The van der Waals surface area contributed by atoms with Crippen LogP contribution in [0.4, 0.5) is 13.2 Å². The number of nitrogens with zero attached hydrogens (tertiary/aromatic N) is 2. The number of thioether (sulfide) groups is 1. The van der Waals surface area contributed by atoms with E-state index in [9.17, 15) is 13.2 Å². The lowest BCUT2D eigenvalue weighted by atomic mass is 10.3. The van der Waals surface area contributed by atoms with Gasteiger partial charge in [0.25, 0.3) is 0 Å². The van der Waals surface area contributed by atoms with Gasteiger partial charge in [-0.1, -0.05) is 13.8 Å². The third-order valence-corrected chi connectivity index (χ3v) is 5.51. The van der Waals surface area contributed by atoms with E-state index in [1.165, 1.54) is 11.3 Å². The maximum absolute atomic E-state index is 13.1. The smallest absolute Gasteiger partial charge is 0.310 e. The van der Waals surface area contributed by atoms with Crippen molar-refractivity contribution in [2.75, 3.05) is 25.1 Å². The van der Waals surface area contributed by atoms with Gasteiger partial charge >= 0.3 is 6.18 Å². The highest BCUT2D eigenvalue weighted by molar-refractivity contribution is 7.99. The molecule has 1 aromatic heterocycles. The number of aromatic nitrogens is 1. The van der Waals surface area contributed by atoms with Crippen molar-refractivity contribution in [1.29, 1.82) is 0 Å². The summed E-state index contributed by atoms with van der Waals surface area (Å²) in [6, 6.07) is 0.132. The molecular weight excluding hydrogens is 319 g/mol. The molecule has 0 amide bonds. The summed E-state index contributed by atoms with van der Waals surface area (Å²) in [5.41, 5.74) is -0.723. The normalized spacial score (nSPS) is 21.2. The number of alkyl halides is 3. The van der Waals surface area contributed by atoms with Crippen molar-refractivity contribution in [2.24, 2.45) is 0 Å². The molecule has 2 rings (SSSR count). The quantitative estimate of drug-likeness (QED) is 0.910. The Morgan fingerprint density at radius 1 is 1.43 bits per heavy atom. The van der Waals surface area contributed by atoms with E-state index in [-0.39, 0.29) is 23.5 Å². The summed E-state index contributed by atoms with van der Waals surface area (Å²) < 4.78 is 39.4. The van der Waals surface area contributed by atoms with Gasteiger partial charge < -0.3 is 5.32 Å². The van der Waals surface area contributed by atoms with Crippen molar-refractivity contribution < 1.29 is 13.2 Å². The molecule has 0 spiro atoms. The van der Waals surface area contributed by atoms with E-state index in [0.29, 0.717) is 5.01 Å². The first-order valence-electron chi connectivity index (χ1n) is 6.87. The number of thiazole rings is 1. The highest BCUT2D eigenvalue weighted by atomic mass is 32.2. The van der Waals surface area contributed by atoms with Crippen LogP contribution in [0.3, 0.4) is 0 Å². The Hall–Kier alpha value is -0.310. The molecule has 21 heavy (non-hydrogen) atoms. The van der Waals surface area contributed by atoms with Gasteiger partial charge in [-0.2, -0.15) is 24.9 Å². The number of hydrogen-bond acceptors (Lipinski definition) is 5. The molecule has 0 aliphatic carbocycles. The van der Waals surface area contributed by atoms with Gasteiger partial charge in [-0.25, -0.2) is 4.98 Å². The lowest BCUT2D eigenvalue weighted by Crippen LogP contribution is -2.32. The number of rotatable bonds is 4. The van der Waals surface area contributed by atoms with Crippen LogP contribution in [0.5, 0.6) is 0 Å². The molecule has 1 aliphatic rings. The Morgan fingerprint density at radius 3 is 2.71 bits per heavy atom. The van der Waals surface area contributed by atoms with E-state index in [2.05, 4.69) is 15.2 Å². The highest BCUT2D eigenvalue weighted by Crippen LogP contribution is 2.38. The zero-order chi connectivity index (χ0) is 15.6. The van der Waals surface area contributed by atoms with Gasteiger partial charge in [0.05, 0.1) is 10.9 Å². The second kappa shape index (κ2) is 6.85. The van der Waals surface area contributed by atoms with E-state index in [1.807, 2.05) is 20.9 Å². The van der Waals surface area contributed by atoms with E-state index in [4.69, 9.17) is 0 Å². The van der Waals surface area contributed by atoms with Crippen molar-refractivity contribution in [3.05, 3.63) is 15.6 Å². The minimum absolute atomic E-state index is 0.0114. The predicted molar refractivity (Wildman–Crippen MR) is 81.8 cm³/mol. The Bertz CT molecular complexity index is 474. The highest BCUT2D eigenvalue weighted by Gasteiger charge is 2.38. The van der Waals surface area contributed by atoms with E-state index in [0.717, 1.165) is 18.1 Å². The SMILES string of the molecule is CC(C)NCc1sc(C2CSCCN2C)nc1C(F)(F)F. The molecule has 1 saturated heterocycles. The number of halogens is 3. The van der Waals surface area contributed by atoms with E-state index >= 15 is 0 Å². The molecule has 1 unspecified atom stereocenters. The summed E-state index contributed by atoms with van der Waals surface area (Å²) in [7, 11) is 1.95. The largest absolute Gasteiger partial charge is 0.434 e. The minimum Gasteiger partial charge on any atom is -0.310 e. The van der Waals surface area contributed by atoms with Crippen LogP contribution in [-0.4, -0.2) is 41.0 Å². The lowest BCUT2D eigenvalue weighted by Gasteiger charge is -2.30. The summed E-state index contributed by atoms with van der Waals surface area (Å²) in [6.45, 7) is 4.94. The molecule has 1 aliphatic heterocycles. The van der Waals surface area contributed by atoms with Crippen LogP contribution in [0.2, 0.25) is 0 Å². The zero-order valence-corrected chi connectivity index (χ0v) is 14.0. The molecule has 1 N–H and O–H groups in total. The molecule has 120 valence electrons. The third-order valence-electron chi connectivity index (χ3n) is 3.33. The van der Waals surface area contributed by atoms with Gasteiger partial charge in [-0.05, 0) is 7.05 Å². The Kier molecular flexibility index (Phi) is 5.56. The van der Waals surface area contributed by atoms with E-state index in [1.54, 1.807) is 11.8 Å². The first kappa shape index (κ1) is 17.1. The second-order valence-corrected chi connectivity index (χ2v) is 7.69. The summed E-state index contributed by atoms with van der Waals surface area (Å²) in [4.78, 5) is 6.31. The van der Waals surface area contributed by atoms with Crippen LogP contribution in [0, 0.1) is 0 Å². The van der Waals surface area contributed by atoms with Gasteiger partial charge in [0.15, 0.2) is 5.69 Å². The fourth-order valence-corrected chi connectivity index (χ4v) is 4.62. The van der Waals surface area contributed by atoms with Gasteiger partial charge in [0, 0.05) is 30.6 Å². The van der Waals surface area contributed by atoms with E-state index < -0.39 is 11.9 Å². The Balaban J connectivity index is 2.26. The molecule has 2 heterocycles. The third kappa shape index (κ3) is 4.34. The molecule has 1 fully saturated rings. The van der Waals surface area contributed by atoms with Crippen LogP contribution in [0.15, 0.2) is 0 Å². The van der Waals surface area contributed by atoms with Crippen molar-refractivity contribution in [2.45, 2.75) is 38.7 Å². The zero-order valence-electron chi connectivity index (χ0n) is 12.3. The number of nitrogens with one attached hydrogen (secondary N) is 1. The van der Waals surface area contributed by atoms with Crippen LogP contribution in [0.25, 0.3) is 0 Å². The van der Waals surface area contributed by atoms with Gasteiger partial charge in [0.2, 0.25) is 0 Å². The molecule has 0 saturated carbocycles. The standard InChI is InChI=1S/C13H20F3N3S2/c1-8(2)17-6-10-11(13(14,15)16)18-12(21-10)9-7-20-5-4-19(9)3/h8-9,17H,4-7H2,1-3H3. The molecular formula is C13H20F3N3S2. The predicted octanol–water partition coefficient (Wildman–Crippen LogP) is 3.38. The molecule has 0 aromatic carbocycles. The minimum atomic E-state index is -4.39. The van der Waals surface area contributed by atoms with Crippen molar-refractivity contribution in [3.8, 4) is 0 Å². The topological polar surface area (TPSA) is 28.2 Å².